The summed E-state index contributed by atoms with van der Waals surface area (Å²) >= 11 is 0. The molecule has 0 unspecified atom stereocenters. The molecule has 16 heavy (non-hydrogen) atoms. The highest BCUT2D eigenvalue weighted by Crippen LogP contribution is 2.14. The van der Waals surface area contributed by atoms with Gasteiger partial charge in [-0.1, -0.05) is 6.07 Å². The summed E-state index contributed by atoms with van der Waals surface area (Å²) in [5.74, 6) is 0.105. The molecule has 0 fully saturated rings. The first-order valence-electron chi connectivity index (χ1n) is 5.66. The molecule has 0 heterocycles. The Labute approximate surface area is 97.7 Å². The van der Waals surface area contributed by atoms with Gasteiger partial charge in [0.15, 0.2) is 0 Å². The number of anilines is 1. The zero-order valence-electron chi connectivity index (χ0n) is 10.5. The minimum atomic E-state index is 0.105. The quantitative estimate of drug-likeness (QED) is 0.777. The molecule has 0 aromatic heterocycles. The van der Waals surface area contributed by atoms with E-state index in [1.807, 2.05) is 62.0 Å². The molecule has 0 aliphatic rings. The van der Waals surface area contributed by atoms with E-state index in [-0.39, 0.29) is 5.91 Å². The van der Waals surface area contributed by atoms with Gasteiger partial charge in [0.25, 0.3) is 5.91 Å². The summed E-state index contributed by atoms with van der Waals surface area (Å²) in [5.41, 5.74) is 1.81. The summed E-state index contributed by atoms with van der Waals surface area (Å²) in [4.78, 5) is 15.9. The second-order valence-electron chi connectivity index (χ2n) is 3.92. The highest BCUT2D eigenvalue weighted by Gasteiger charge is 2.12. The van der Waals surface area contributed by atoms with Crippen molar-refractivity contribution in [3.05, 3.63) is 29.8 Å². The van der Waals surface area contributed by atoms with Gasteiger partial charge in [0.05, 0.1) is 0 Å². The van der Waals surface area contributed by atoms with Gasteiger partial charge in [-0.3, -0.25) is 4.79 Å². The molecule has 3 heteroatoms. The second kappa shape index (κ2) is 5.54. The molecule has 0 saturated carbocycles. The molecule has 1 aromatic rings. The fourth-order valence-corrected chi connectivity index (χ4v) is 1.61. The van der Waals surface area contributed by atoms with Crippen LogP contribution in [0, 0.1) is 0 Å². The standard InChI is InChI=1S/C13H20N2O/c1-5-15(6-2)13(16)11-8-7-9-12(10-11)14(3)4/h7-10H,5-6H2,1-4H3. The van der Waals surface area contributed by atoms with Crippen LogP contribution in [0.2, 0.25) is 0 Å². The third-order valence-electron chi connectivity index (χ3n) is 2.66. The van der Waals surface area contributed by atoms with E-state index >= 15 is 0 Å². The van der Waals surface area contributed by atoms with E-state index in [1.165, 1.54) is 0 Å². The predicted octanol–water partition coefficient (Wildman–Crippen LogP) is 2.23. The van der Waals surface area contributed by atoms with Crippen LogP contribution in [0.5, 0.6) is 0 Å². The van der Waals surface area contributed by atoms with Crippen LogP contribution in [-0.2, 0) is 0 Å². The van der Waals surface area contributed by atoms with Gasteiger partial charge >= 0.3 is 0 Å². The molecule has 3 nitrogen and oxygen atoms in total. The molecule has 0 atom stereocenters. The van der Waals surface area contributed by atoms with Gasteiger partial charge in [0, 0.05) is 38.4 Å². The minimum Gasteiger partial charge on any atom is -0.378 e. The number of rotatable bonds is 4. The summed E-state index contributed by atoms with van der Waals surface area (Å²) in [5, 5.41) is 0. The lowest BCUT2D eigenvalue weighted by Gasteiger charge is -2.20. The highest BCUT2D eigenvalue weighted by molar-refractivity contribution is 5.95. The Morgan fingerprint density at radius 3 is 2.31 bits per heavy atom. The smallest absolute Gasteiger partial charge is 0.253 e. The van der Waals surface area contributed by atoms with Crippen molar-refractivity contribution >= 4 is 11.6 Å². The van der Waals surface area contributed by atoms with Gasteiger partial charge < -0.3 is 9.80 Å². The van der Waals surface area contributed by atoms with Crippen molar-refractivity contribution in [3.63, 3.8) is 0 Å². The molecule has 0 spiro atoms. The molecule has 88 valence electrons. The fourth-order valence-electron chi connectivity index (χ4n) is 1.61. The molecule has 0 aliphatic carbocycles. The lowest BCUT2D eigenvalue weighted by Crippen LogP contribution is -2.30. The average Bonchev–Trinajstić information content (AvgIpc) is 2.30. The summed E-state index contributed by atoms with van der Waals surface area (Å²) < 4.78 is 0. The monoisotopic (exact) mass is 220 g/mol. The predicted molar refractivity (Wildman–Crippen MR) is 68.0 cm³/mol. The Kier molecular flexibility index (Phi) is 4.35. The Bertz CT molecular complexity index is 357. The average molecular weight is 220 g/mol. The SMILES string of the molecule is CCN(CC)C(=O)c1cccc(N(C)C)c1. The van der Waals surface area contributed by atoms with Crippen LogP contribution in [0.3, 0.4) is 0 Å². The first-order valence-corrected chi connectivity index (χ1v) is 5.66. The van der Waals surface area contributed by atoms with Crippen molar-refractivity contribution in [2.24, 2.45) is 0 Å². The van der Waals surface area contributed by atoms with E-state index in [0.29, 0.717) is 0 Å². The van der Waals surface area contributed by atoms with Crippen LogP contribution in [0.25, 0.3) is 0 Å². The Hall–Kier alpha value is -1.51. The lowest BCUT2D eigenvalue weighted by atomic mass is 10.1. The summed E-state index contributed by atoms with van der Waals surface area (Å²) in [6.45, 7) is 5.50. The van der Waals surface area contributed by atoms with Crippen LogP contribution in [0.15, 0.2) is 24.3 Å². The highest BCUT2D eigenvalue weighted by atomic mass is 16.2. The van der Waals surface area contributed by atoms with Gasteiger partial charge in [0.2, 0.25) is 0 Å². The number of carbonyl (C=O) groups is 1. The number of hydrogen-bond donors (Lipinski definition) is 0. The van der Waals surface area contributed by atoms with Crippen molar-refractivity contribution in [1.82, 2.24) is 4.90 Å². The third kappa shape index (κ3) is 2.75. The van der Waals surface area contributed by atoms with E-state index in [2.05, 4.69) is 0 Å². The van der Waals surface area contributed by atoms with Gasteiger partial charge in [-0.15, -0.1) is 0 Å². The summed E-state index contributed by atoms with van der Waals surface area (Å²) in [6.07, 6.45) is 0. The van der Waals surface area contributed by atoms with E-state index in [1.54, 1.807) is 0 Å². The molecule has 0 saturated heterocycles. The van der Waals surface area contributed by atoms with E-state index in [9.17, 15) is 4.79 Å². The number of benzene rings is 1. The van der Waals surface area contributed by atoms with Gasteiger partial charge in [-0.05, 0) is 32.0 Å². The first-order chi connectivity index (χ1) is 7.60. The molecular weight excluding hydrogens is 200 g/mol. The number of hydrogen-bond acceptors (Lipinski definition) is 2. The molecule has 1 rings (SSSR count). The van der Waals surface area contributed by atoms with Crippen LogP contribution >= 0.6 is 0 Å². The van der Waals surface area contributed by atoms with Crippen molar-refractivity contribution in [1.29, 1.82) is 0 Å². The van der Waals surface area contributed by atoms with Gasteiger partial charge in [-0.2, -0.15) is 0 Å². The van der Waals surface area contributed by atoms with E-state index in [0.717, 1.165) is 24.3 Å². The molecular formula is C13H20N2O. The molecule has 0 radical (unpaired) electrons. The van der Waals surface area contributed by atoms with Crippen LogP contribution in [-0.4, -0.2) is 38.0 Å². The number of amides is 1. The van der Waals surface area contributed by atoms with Crippen LogP contribution < -0.4 is 4.90 Å². The maximum atomic E-state index is 12.1. The normalized spacial score (nSPS) is 10.0. The maximum Gasteiger partial charge on any atom is 0.253 e. The molecule has 0 N–H and O–H groups in total. The molecule has 1 aromatic carbocycles. The van der Waals surface area contributed by atoms with Crippen LogP contribution in [0.1, 0.15) is 24.2 Å². The molecule has 0 bridgehead atoms. The van der Waals surface area contributed by atoms with Gasteiger partial charge in [-0.25, -0.2) is 0 Å². The van der Waals surface area contributed by atoms with Crippen molar-refractivity contribution in [2.75, 3.05) is 32.1 Å². The Morgan fingerprint density at radius 1 is 1.19 bits per heavy atom. The Morgan fingerprint density at radius 2 is 1.81 bits per heavy atom. The first kappa shape index (κ1) is 12.6. The van der Waals surface area contributed by atoms with E-state index in [4.69, 9.17) is 0 Å². The molecule has 0 aliphatic heterocycles. The minimum absolute atomic E-state index is 0.105. The van der Waals surface area contributed by atoms with Crippen LogP contribution in [0.4, 0.5) is 5.69 Å². The van der Waals surface area contributed by atoms with E-state index < -0.39 is 0 Å². The van der Waals surface area contributed by atoms with Crippen molar-refractivity contribution < 1.29 is 4.79 Å². The topological polar surface area (TPSA) is 23.6 Å². The number of nitrogens with zero attached hydrogens (tertiary/aromatic N) is 2. The zero-order chi connectivity index (χ0) is 12.1. The fraction of sp³-hybridized carbons (Fsp3) is 0.462. The summed E-state index contributed by atoms with van der Waals surface area (Å²) in [7, 11) is 3.95. The second-order valence-corrected chi connectivity index (χ2v) is 3.92. The zero-order valence-corrected chi connectivity index (χ0v) is 10.5. The lowest BCUT2D eigenvalue weighted by molar-refractivity contribution is 0.0773. The third-order valence-corrected chi connectivity index (χ3v) is 2.66. The van der Waals surface area contributed by atoms with Crippen molar-refractivity contribution in [2.45, 2.75) is 13.8 Å². The molecule has 1 amide bonds. The summed E-state index contributed by atoms with van der Waals surface area (Å²) in [6, 6.07) is 7.72. The maximum absolute atomic E-state index is 12.1. The van der Waals surface area contributed by atoms with Gasteiger partial charge in [0.1, 0.15) is 0 Å². The van der Waals surface area contributed by atoms with Crippen molar-refractivity contribution in [3.8, 4) is 0 Å². The Balaban J connectivity index is 2.95. The largest absolute Gasteiger partial charge is 0.378 e. The number of carbonyl (C=O) groups excluding carboxylic acids is 1.